The number of benzene rings is 1. The van der Waals surface area contributed by atoms with E-state index in [0.717, 1.165) is 5.56 Å². The Morgan fingerprint density at radius 2 is 1.62 bits per heavy atom. The summed E-state index contributed by atoms with van der Waals surface area (Å²) in [5, 5.41) is 1.51. The van der Waals surface area contributed by atoms with Crippen LogP contribution in [0.25, 0.3) is 0 Å². The minimum Gasteiger partial charge on any atom is -0.468 e. The predicted octanol–water partition coefficient (Wildman–Crippen LogP) is 2.87. The normalized spacial score (nSPS) is 12.4. The maximum atomic E-state index is 11.3. The molecule has 21 heavy (non-hydrogen) atoms. The molecule has 3 nitrogen and oxygen atoms in total. The first-order valence-corrected chi connectivity index (χ1v) is 10.1. The molecule has 0 amide bonds. The molecular weight excluding hydrogens is 302 g/mol. The van der Waals surface area contributed by atoms with Gasteiger partial charge in [0, 0.05) is 0 Å². The van der Waals surface area contributed by atoms with Crippen LogP contribution in [0.5, 0.6) is 0 Å². The van der Waals surface area contributed by atoms with Gasteiger partial charge in [0.05, 0.1) is 15.2 Å². The molecular formula is C16H28ClNO2Si. The highest BCUT2D eigenvalue weighted by Crippen LogP contribution is 2.20. The third-order valence-electron chi connectivity index (χ3n) is 4.56. The van der Waals surface area contributed by atoms with Crippen LogP contribution in [-0.4, -0.2) is 27.2 Å². The van der Waals surface area contributed by atoms with E-state index in [1.54, 1.807) is 0 Å². The van der Waals surface area contributed by atoms with Crippen LogP contribution in [0.2, 0.25) is 18.1 Å². The number of hydrogen-bond acceptors (Lipinski definition) is 3. The first-order chi connectivity index (χ1) is 9.52. The van der Waals surface area contributed by atoms with E-state index >= 15 is 0 Å². The molecule has 1 aromatic carbocycles. The predicted molar refractivity (Wildman–Crippen MR) is 94.2 cm³/mol. The lowest BCUT2D eigenvalue weighted by molar-refractivity contribution is -0.142. The van der Waals surface area contributed by atoms with Gasteiger partial charge in [0.2, 0.25) is 0 Å². The maximum Gasteiger partial charge on any atom is 0.322 e. The number of carbonyl (C=O) groups excluding carboxylic acids is 1. The van der Waals surface area contributed by atoms with Gasteiger partial charge in [0.15, 0.2) is 0 Å². The molecule has 0 unspecified atom stereocenters. The number of nitrogens with two attached hydrogens (primary N) is 1. The average molecular weight is 330 g/mol. The Kier molecular flexibility index (Phi) is 8.86. The molecule has 0 fully saturated rings. The number of ether oxygens (including phenoxy) is 1. The van der Waals surface area contributed by atoms with Crippen LogP contribution in [0.4, 0.5) is 0 Å². The van der Waals surface area contributed by atoms with Crippen molar-refractivity contribution in [3.05, 3.63) is 29.8 Å². The van der Waals surface area contributed by atoms with Crippen molar-refractivity contribution >= 4 is 31.6 Å². The van der Waals surface area contributed by atoms with Gasteiger partial charge in [-0.15, -0.1) is 12.4 Å². The topological polar surface area (TPSA) is 52.3 Å². The Labute approximate surface area is 135 Å². The van der Waals surface area contributed by atoms with E-state index in [2.05, 4.69) is 49.8 Å². The number of rotatable bonds is 7. The minimum absolute atomic E-state index is 0. The van der Waals surface area contributed by atoms with Gasteiger partial charge < -0.3 is 10.5 Å². The first-order valence-electron chi connectivity index (χ1n) is 7.45. The fourth-order valence-electron chi connectivity index (χ4n) is 2.85. The fourth-order valence-corrected chi connectivity index (χ4v) is 6.44. The zero-order valence-corrected chi connectivity index (χ0v) is 15.3. The molecule has 0 aromatic heterocycles. The molecule has 0 saturated carbocycles. The fraction of sp³-hybridized carbons (Fsp3) is 0.562. The summed E-state index contributed by atoms with van der Waals surface area (Å²) in [5.41, 5.74) is 6.89. The van der Waals surface area contributed by atoms with Crippen molar-refractivity contribution in [1.29, 1.82) is 0 Å². The van der Waals surface area contributed by atoms with Crippen molar-refractivity contribution in [1.82, 2.24) is 0 Å². The second-order valence-corrected chi connectivity index (χ2v) is 10.6. The van der Waals surface area contributed by atoms with Gasteiger partial charge in [0.25, 0.3) is 0 Å². The molecule has 0 radical (unpaired) electrons. The monoisotopic (exact) mass is 329 g/mol. The van der Waals surface area contributed by atoms with Crippen molar-refractivity contribution < 1.29 is 9.53 Å². The zero-order chi connectivity index (χ0) is 15.2. The van der Waals surface area contributed by atoms with Gasteiger partial charge in [-0.2, -0.15) is 0 Å². The summed E-state index contributed by atoms with van der Waals surface area (Å²) in [5.74, 6) is -0.353. The number of methoxy groups -OCH3 is 1. The van der Waals surface area contributed by atoms with Crippen molar-refractivity contribution in [2.24, 2.45) is 5.73 Å². The number of esters is 1. The Bertz CT molecular complexity index is 424. The van der Waals surface area contributed by atoms with E-state index in [9.17, 15) is 4.79 Å². The molecule has 1 atom stereocenters. The Balaban J connectivity index is 0.00000400. The Hall–Kier alpha value is -0.843. The van der Waals surface area contributed by atoms with Crippen LogP contribution in [0.15, 0.2) is 24.3 Å². The summed E-state index contributed by atoms with van der Waals surface area (Å²) in [6.45, 7) is 6.92. The standard InChI is InChI=1S/C16H27NO2Si.ClH/c1-5-20(6-2,7-3)14-10-8-13(9-11-14)12-15(17)16(18)19-4;/h8-11,15H,5-7,12,17H2,1-4H3;1H/t15-;/m1./s1. The van der Waals surface area contributed by atoms with E-state index < -0.39 is 14.1 Å². The van der Waals surface area contributed by atoms with E-state index in [0.29, 0.717) is 6.42 Å². The lowest BCUT2D eigenvalue weighted by Gasteiger charge is -2.28. The van der Waals surface area contributed by atoms with Crippen LogP contribution in [0, 0.1) is 0 Å². The molecule has 2 N–H and O–H groups in total. The smallest absolute Gasteiger partial charge is 0.322 e. The van der Waals surface area contributed by atoms with E-state index in [4.69, 9.17) is 5.73 Å². The molecule has 0 aliphatic heterocycles. The highest BCUT2D eigenvalue weighted by Gasteiger charge is 2.28. The third-order valence-corrected chi connectivity index (χ3v) is 10.2. The van der Waals surface area contributed by atoms with Crippen LogP contribution < -0.4 is 10.9 Å². The van der Waals surface area contributed by atoms with E-state index in [1.807, 2.05) is 0 Å². The molecule has 0 saturated heterocycles. The van der Waals surface area contributed by atoms with Crippen molar-refractivity contribution in [3.8, 4) is 0 Å². The van der Waals surface area contributed by atoms with Gasteiger partial charge in [-0.1, -0.05) is 68.4 Å². The molecule has 5 heteroatoms. The molecule has 0 spiro atoms. The highest BCUT2D eigenvalue weighted by atomic mass is 35.5. The molecule has 0 aliphatic rings. The van der Waals surface area contributed by atoms with Crippen LogP contribution in [0.1, 0.15) is 26.3 Å². The first kappa shape index (κ1) is 20.2. The van der Waals surface area contributed by atoms with Gasteiger partial charge in [-0.25, -0.2) is 0 Å². The Morgan fingerprint density at radius 1 is 1.14 bits per heavy atom. The lowest BCUT2D eigenvalue weighted by atomic mass is 10.1. The number of hydrogen-bond donors (Lipinski definition) is 1. The Morgan fingerprint density at radius 3 is 2.00 bits per heavy atom. The molecule has 0 aliphatic carbocycles. The van der Waals surface area contributed by atoms with Crippen LogP contribution in [0.3, 0.4) is 0 Å². The van der Waals surface area contributed by atoms with Crippen molar-refractivity contribution in [3.63, 3.8) is 0 Å². The highest BCUT2D eigenvalue weighted by molar-refractivity contribution is 6.91. The molecule has 120 valence electrons. The molecule has 0 bridgehead atoms. The van der Waals surface area contributed by atoms with Crippen molar-refractivity contribution in [2.75, 3.05) is 7.11 Å². The van der Waals surface area contributed by atoms with E-state index in [1.165, 1.54) is 30.4 Å². The van der Waals surface area contributed by atoms with Crippen LogP contribution in [-0.2, 0) is 16.0 Å². The number of halogens is 1. The minimum atomic E-state index is -1.31. The summed E-state index contributed by atoms with van der Waals surface area (Å²) < 4.78 is 4.66. The van der Waals surface area contributed by atoms with E-state index in [-0.39, 0.29) is 18.4 Å². The van der Waals surface area contributed by atoms with Gasteiger partial charge in [-0.05, 0) is 12.0 Å². The zero-order valence-electron chi connectivity index (χ0n) is 13.5. The van der Waals surface area contributed by atoms with Crippen molar-refractivity contribution in [2.45, 2.75) is 51.4 Å². The summed E-state index contributed by atoms with van der Waals surface area (Å²) >= 11 is 0. The summed E-state index contributed by atoms with van der Waals surface area (Å²) in [7, 11) is 0.0621. The third kappa shape index (κ3) is 4.83. The maximum absolute atomic E-state index is 11.3. The summed E-state index contributed by atoms with van der Waals surface area (Å²) in [4.78, 5) is 11.3. The second-order valence-electron chi connectivity index (χ2n) is 5.37. The largest absolute Gasteiger partial charge is 0.468 e. The quantitative estimate of drug-likeness (QED) is 0.618. The molecule has 1 aromatic rings. The molecule has 0 heterocycles. The summed E-state index contributed by atoms with van der Waals surface area (Å²) in [6, 6.07) is 12.0. The number of carbonyl (C=O) groups is 1. The SMILES string of the molecule is CC[Si](CC)(CC)c1ccc(C[C@@H](N)C(=O)OC)cc1.Cl. The summed E-state index contributed by atoms with van der Waals surface area (Å²) in [6.07, 6.45) is 0.534. The lowest BCUT2D eigenvalue weighted by Crippen LogP contribution is -2.45. The van der Waals surface area contributed by atoms with Gasteiger partial charge >= 0.3 is 5.97 Å². The average Bonchev–Trinajstić information content (AvgIpc) is 2.50. The second kappa shape index (κ2) is 9.23. The van der Waals surface area contributed by atoms with Gasteiger partial charge in [-0.3, -0.25) is 4.79 Å². The van der Waals surface area contributed by atoms with Gasteiger partial charge in [0.1, 0.15) is 6.04 Å². The molecule has 1 rings (SSSR count). The van der Waals surface area contributed by atoms with Crippen LogP contribution >= 0.6 is 12.4 Å².